The Bertz CT molecular complexity index is 904. The number of rotatable bonds is 4. The molecule has 1 aliphatic rings. The lowest BCUT2D eigenvalue weighted by Gasteiger charge is -2.35. The van der Waals surface area contributed by atoms with E-state index in [1.165, 1.54) is 6.42 Å². The molecule has 5 nitrogen and oxygen atoms in total. The van der Waals surface area contributed by atoms with Gasteiger partial charge >= 0.3 is 0 Å². The fourth-order valence-electron chi connectivity index (χ4n) is 3.67. The van der Waals surface area contributed by atoms with Crippen LogP contribution in [0, 0.1) is 0 Å². The van der Waals surface area contributed by atoms with Gasteiger partial charge in [0.25, 0.3) is 0 Å². The summed E-state index contributed by atoms with van der Waals surface area (Å²) in [6.45, 7) is 6.68. The van der Waals surface area contributed by atoms with Crippen LogP contribution in [0.3, 0.4) is 0 Å². The number of para-hydroxylation sites is 1. The number of nitrogens with zero attached hydrogens (tertiary/aromatic N) is 3. The first-order chi connectivity index (χ1) is 12.6. The highest BCUT2D eigenvalue weighted by Gasteiger charge is 2.22. The molecule has 2 N–H and O–H groups in total. The molecule has 136 valence electrons. The molecule has 0 spiro atoms. The number of H-pyrrole nitrogens is 1. The topological polar surface area (TPSA) is 56.8 Å². The van der Waals surface area contributed by atoms with Gasteiger partial charge in [0.1, 0.15) is 0 Å². The lowest BCUT2D eigenvalue weighted by Crippen LogP contribution is -2.45. The largest absolute Gasteiger partial charge is 0.360 e. The highest BCUT2D eigenvalue weighted by molar-refractivity contribution is 6.33. The van der Waals surface area contributed by atoms with E-state index in [0.29, 0.717) is 23.1 Å². The number of hydrogen-bond donors (Lipinski definition) is 2. The second-order valence-electron chi connectivity index (χ2n) is 7.21. The molecule has 1 saturated heterocycles. The minimum absolute atomic E-state index is 0.364. The predicted molar refractivity (Wildman–Crippen MR) is 108 cm³/mol. The molecule has 1 fully saturated rings. The fraction of sp³-hybridized carbons (Fsp3) is 0.400. The summed E-state index contributed by atoms with van der Waals surface area (Å²) in [6.07, 6.45) is 5.98. The minimum Gasteiger partial charge on any atom is -0.360 e. The molecule has 0 saturated carbocycles. The summed E-state index contributed by atoms with van der Waals surface area (Å²) in [7, 11) is 0. The van der Waals surface area contributed by atoms with Crippen LogP contribution in [0.5, 0.6) is 0 Å². The highest BCUT2D eigenvalue weighted by Crippen LogP contribution is 2.32. The van der Waals surface area contributed by atoms with Crippen LogP contribution in [-0.2, 0) is 0 Å². The van der Waals surface area contributed by atoms with Crippen molar-refractivity contribution in [1.82, 2.24) is 19.9 Å². The van der Waals surface area contributed by atoms with E-state index >= 15 is 0 Å². The second-order valence-corrected chi connectivity index (χ2v) is 7.62. The Kier molecular flexibility index (Phi) is 4.83. The average molecular weight is 370 g/mol. The quantitative estimate of drug-likeness (QED) is 0.707. The van der Waals surface area contributed by atoms with Crippen molar-refractivity contribution >= 4 is 28.5 Å². The normalized spacial score (nSPS) is 18.5. The van der Waals surface area contributed by atoms with Crippen LogP contribution in [0.25, 0.3) is 22.2 Å². The summed E-state index contributed by atoms with van der Waals surface area (Å²) in [4.78, 5) is 14.9. The zero-order chi connectivity index (χ0) is 18.1. The van der Waals surface area contributed by atoms with Crippen LogP contribution in [0.15, 0.2) is 36.7 Å². The van der Waals surface area contributed by atoms with E-state index < -0.39 is 0 Å². The van der Waals surface area contributed by atoms with E-state index in [2.05, 4.69) is 46.2 Å². The van der Waals surface area contributed by atoms with Gasteiger partial charge in [0.2, 0.25) is 5.95 Å². The van der Waals surface area contributed by atoms with E-state index in [0.717, 1.165) is 41.7 Å². The first-order valence-electron chi connectivity index (χ1n) is 9.21. The van der Waals surface area contributed by atoms with Gasteiger partial charge in [0, 0.05) is 41.3 Å². The SMILES string of the molecule is CC(C)N1CCC[C@@H](Nc2ncc(Cl)c(-c3c[nH]c4ccccc34)n2)C1. The summed E-state index contributed by atoms with van der Waals surface area (Å²) in [5.41, 5.74) is 2.84. The van der Waals surface area contributed by atoms with Gasteiger partial charge in [-0.15, -0.1) is 0 Å². The average Bonchev–Trinajstić information content (AvgIpc) is 3.07. The van der Waals surface area contributed by atoms with Crippen molar-refractivity contribution in [1.29, 1.82) is 0 Å². The van der Waals surface area contributed by atoms with Crippen LogP contribution in [-0.4, -0.2) is 45.0 Å². The molecule has 4 rings (SSSR count). The number of hydrogen-bond acceptors (Lipinski definition) is 4. The maximum absolute atomic E-state index is 6.42. The first-order valence-corrected chi connectivity index (χ1v) is 9.59. The predicted octanol–water partition coefficient (Wildman–Crippen LogP) is 4.56. The summed E-state index contributed by atoms with van der Waals surface area (Å²) in [5.74, 6) is 0.644. The summed E-state index contributed by atoms with van der Waals surface area (Å²) < 4.78 is 0. The van der Waals surface area contributed by atoms with Gasteiger partial charge in [-0.3, -0.25) is 4.90 Å². The number of aromatic nitrogens is 3. The van der Waals surface area contributed by atoms with Gasteiger partial charge in [-0.05, 0) is 39.3 Å². The van der Waals surface area contributed by atoms with E-state index in [9.17, 15) is 0 Å². The molecule has 6 heteroatoms. The third kappa shape index (κ3) is 3.41. The molecule has 1 aromatic carbocycles. The van der Waals surface area contributed by atoms with Gasteiger partial charge in [0.15, 0.2) is 0 Å². The lowest BCUT2D eigenvalue weighted by molar-refractivity contribution is 0.174. The molecular formula is C20H24ClN5. The monoisotopic (exact) mass is 369 g/mol. The zero-order valence-electron chi connectivity index (χ0n) is 15.2. The Balaban J connectivity index is 1.61. The van der Waals surface area contributed by atoms with E-state index in [1.807, 2.05) is 18.3 Å². The molecule has 1 aliphatic heterocycles. The molecule has 0 bridgehead atoms. The molecule has 3 heterocycles. The van der Waals surface area contributed by atoms with Gasteiger partial charge < -0.3 is 10.3 Å². The number of likely N-dealkylation sites (tertiary alicyclic amines) is 1. The first kappa shape index (κ1) is 17.3. The smallest absolute Gasteiger partial charge is 0.223 e. The third-order valence-electron chi connectivity index (χ3n) is 5.10. The molecule has 0 radical (unpaired) electrons. The Hall–Kier alpha value is -2.11. The number of anilines is 1. The fourth-order valence-corrected chi connectivity index (χ4v) is 3.86. The molecule has 26 heavy (non-hydrogen) atoms. The van der Waals surface area contributed by atoms with Crippen LogP contribution >= 0.6 is 11.6 Å². The van der Waals surface area contributed by atoms with Gasteiger partial charge in [-0.2, -0.15) is 0 Å². The van der Waals surface area contributed by atoms with Crippen LogP contribution in [0.1, 0.15) is 26.7 Å². The van der Waals surface area contributed by atoms with Crippen molar-refractivity contribution in [2.75, 3.05) is 18.4 Å². The molecule has 0 aliphatic carbocycles. The standard InChI is InChI=1S/C20H24ClN5/c1-13(2)26-9-5-6-14(12-26)24-20-23-11-17(21)19(25-20)16-10-22-18-8-4-3-7-15(16)18/h3-4,7-8,10-11,13-14,22H,5-6,9,12H2,1-2H3,(H,23,24,25)/t14-/m1/s1. The van der Waals surface area contributed by atoms with Crippen molar-refractivity contribution in [3.8, 4) is 11.3 Å². The highest BCUT2D eigenvalue weighted by atomic mass is 35.5. The Labute approximate surface area is 158 Å². The number of benzene rings is 1. The van der Waals surface area contributed by atoms with Crippen LogP contribution in [0.4, 0.5) is 5.95 Å². The minimum atomic E-state index is 0.364. The van der Waals surface area contributed by atoms with Crippen molar-refractivity contribution in [2.24, 2.45) is 0 Å². The van der Waals surface area contributed by atoms with Crippen molar-refractivity contribution in [3.63, 3.8) is 0 Å². The van der Waals surface area contributed by atoms with E-state index in [-0.39, 0.29) is 0 Å². The van der Waals surface area contributed by atoms with E-state index in [1.54, 1.807) is 6.20 Å². The molecule has 0 unspecified atom stereocenters. The molecular weight excluding hydrogens is 346 g/mol. The Morgan fingerprint density at radius 1 is 1.31 bits per heavy atom. The molecule has 0 amide bonds. The maximum atomic E-state index is 6.42. The second kappa shape index (κ2) is 7.25. The lowest BCUT2D eigenvalue weighted by atomic mass is 10.0. The van der Waals surface area contributed by atoms with Crippen LogP contribution in [0.2, 0.25) is 5.02 Å². The number of piperidine rings is 1. The molecule has 1 atom stereocenters. The van der Waals surface area contributed by atoms with E-state index in [4.69, 9.17) is 16.6 Å². The number of halogens is 1. The number of aromatic amines is 1. The van der Waals surface area contributed by atoms with Gasteiger partial charge in [-0.25, -0.2) is 9.97 Å². The van der Waals surface area contributed by atoms with Gasteiger partial charge in [0.05, 0.1) is 16.9 Å². The van der Waals surface area contributed by atoms with Gasteiger partial charge in [-0.1, -0.05) is 29.8 Å². The maximum Gasteiger partial charge on any atom is 0.223 e. The number of nitrogens with one attached hydrogen (secondary N) is 2. The summed E-state index contributed by atoms with van der Waals surface area (Å²) >= 11 is 6.42. The third-order valence-corrected chi connectivity index (χ3v) is 5.38. The van der Waals surface area contributed by atoms with Crippen molar-refractivity contribution in [2.45, 2.75) is 38.8 Å². The zero-order valence-corrected chi connectivity index (χ0v) is 15.9. The molecule has 3 aromatic rings. The molecule has 2 aromatic heterocycles. The van der Waals surface area contributed by atoms with Crippen molar-refractivity contribution in [3.05, 3.63) is 41.7 Å². The Morgan fingerprint density at radius 2 is 2.15 bits per heavy atom. The Morgan fingerprint density at radius 3 is 3.00 bits per heavy atom. The van der Waals surface area contributed by atoms with Crippen LogP contribution < -0.4 is 5.32 Å². The summed E-state index contributed by atoms with van der Waals surface area (Å²) in [5, 5.41) is 5.19. The summed E-state index contributed by atoms with van der Waals surface area (Å²) in [6, 6.07) is 9.09. The number of fused-ring (bicyclic) bond motifs is 1. The van der Waals surface area contributed by atoms with Crippen molar-refractivity contribution < 1.29 is 0 Å².